The smallest absolute Gasteiger partial charge is 0.312 e. The van der Waals surface area contributed by atoms with Gasteiger partial charge in [-0.15, -0.1) is 0 Å². The van der Waals surface area contributed by atoms with Crippen LogP contribution in [0.5, 0.6) is 0 Å². The van der Waals surface area contributed by atoms with Gasteiger partial charge in [0.25, 0.3) is 11.8 Å². The lowest BCUT2D eigenvalue weighted by Gasteiger charge is -2.30. The second-order valence-corrected chi connectivity index (χ2v) is 6.58. The van der Waals surface area contributed by atoms with E-state index >= 15 is 0 Å². The predicted octanol–water partition coefficient (Wildman–Crippen LogP) is -0.358. The molecule has 0 saturated carbocycles. The number of aryl methyl sites for hydroxylation is 1. The maximum absolute atomic E-state index is 12.3. The van der Waals surface area contributed by atoms with Crippen LogP contribution in [0.1, 0.15) is 12.0 Å². The van der Waals surface area contributed by atoms with Crippen molar-refractivity contribution in [2.75, 3.05) is 32.1 Å². The van der Waals surface area contributed by atoms with Crippen molar-refractivity contribution in [2.24, 2.45) is 0 Å². The molecule has 1 aliphatic rings. The summed E-state index contributed by atoms with van der Waals surface area (Å²) in [5, 5.41) is 5.56. The van der Waals surface area contributed by atoms with E-state index in [1.54, 1.807) is 6.07 Å². The molecule has 2 amide bonds. The molecule has 0 spiro atoms. The lowest BCUT2D eigenvalue weighted by Crippen LogP contribution is -3.20. The summed E-state index contributed by atoms with van der Waals surface area (Å²) in [5.74, 6) is -0.885. The van der Waals surface area contributed by atoms with Gasteiger partial charge in [0.05, 0.1) is 20.2 Å². The van der Waals surface area contributed by atoms with Gasteiger partial charge in [-0.25, -0.2) is 0 Å². The average Bonchev–Trinajstić information content (AvgIpc) is 2.54. The van der Waals surface area contributed by atoms with Crippen molar-refractivity contribution >= 4 is 39.4 Å². The highest BCUT2D eigenvalue weighted by Crippen LogP contribution is 2.19. The maximum Gasteiger partial charge on any atom is 0.312 e. The molecule has 1 aromatic carbocycles. The highest BCUT2D eigenvalue weighted by molar-refractivity contribution is 9.10. The zero-order chi connectivity index (χ0) is 17.7. The van der Waals surface area contributed by atoms with Crippen LogP contribution in [0.2, 0.25) is 0 Å². The molecule has 1 fully saturated rings. The molecular formula is C16H21BrN3O4+. The number of nitrogens with one attached hydrogen (secondary N) is 3. The van der Waals surface area contributed by atoms with Gasteiger partial charge in [0.1, 0.15) is 6.42 Å². The largest absolute Gasteiger partial charge is 0.469 e. The number of carbonyl (C=O) groups is 3. The summed E-state index contributed by atoms with van der Waals surface area (Å²) in [6.07, 6.45) is -0.0393. The van der Waals surface area contributed by atoms with Crippen molar-refractivity contribution in [3.8, 4) is 0 Å². The van der Waals surface area contributed by atoms with E-state index < -0.39 is 12.0 Å². The Kier molecular flexibility index (Phi) is 6.33. The molecule has 130 valence electrons. The molecule has 0 aliphatic carbocycles. The van der Waals surface area contributed by atoms with Gasteiger partial charge < -0.3 is 20.3 Å². The molecule has 1 saturated heterocycles. The van der Waals surface area contributed by atoms with E-state index in [1.807, 2.05) is 19.1 Å². The van der Waals surface area contributed by atoms with Crippen molar-refractivity contribution in [1.29, 1.82) is 0 Å². The zero-order valence-corrected chi connectivity index (χ0v) is 15.2. The van der Waals surface area contributed by atoms with Crippen LogP contribution in [0, 0.1) is 6.92 Å². The van der Waals surface area contributed by atoms with E-state index in [0.29, 0.717) is 18.8 Å². The van der Waals surface area contributed by atoms with E-state index in [-0.39, 0.29) is 24.8 Å². The van der Waals surface area contributed by atoms with Gasteiger partial charge in [-0.1, -0.05) is 15.9 Å². The molecule has 0 aromatic heterocycles. The van der Waals surface area contributed by atoms with E-state index in [4.69, 9.17) is 0 Å². The fourth-order valence-electron chi connectivity index (χ4n) is 2.66. The van der Waals surface area contributed by atoms with Crippen molar-refractivity contribution in [3.05, 3.63) is 28.2 Å². The van der Waals surface area contributed by atoms with Crippen LogP contribution in [0.15, 0.2) is 22.7 Å². The number of benzene rings is 1. The Bertz CT molecular complexity index is 650. The number of carbonyl (C=O) groups excluding carboxylic acids is 3. The molecule has 0 radical (unpaired) electrons. The summed E-state index contributed by atoms with van der Waals surface area (Å²) in [5.41, 5.74) is 1.71. The Labute approximate surface area is 148 Å². The number of hydrogen-bond donors (Lipinski definition) is 3. The first-order valence-electron chi connectivity index (χ1n) is 7.66. The third-order valence-electron chi connectivity index (χ3n) is 3.98. The van der Waals surface area contributed by atoms with Gasteiger partial charge in [-0.2, -0.15) is 0 Å². The van der Waals surface area contributed by atoms with E-state index in [2.05, 4.69) is 31.3 Å². The summed E-state index contributed by atoms with van der Waals surface area (Å²) < 4.78 is 5.61. The quantitative estimate of drug-likeness (QED) is 0.591. The Morgan fingerprint density at radius 2 is 2.21 bits per heavy atom. The number of anilines is 1. The van der Waals surface area contributed by atoms with E-state index in [0.717, 1.165) is 14.9 Å². The van der Waals surface area contributed by atoms with Crippen LogP contribution in [0.3, 0.4) is 0 Å². The van der Waals surface area contributed by atoms with Crippen LogP contribution >= 0.6 is 15.9 Å². The maximum atomic E-state index is 12.3. The highest BCUT2D eigenvalue weighted by Gasteiger charge is 2.36. The molecule has 2 rings (SSSR count). The molecule has 8 heteroatoms. The van der Waals surface area contributed by atoms with Crippen molar-refractivity contribution in [2.45, 2.75) is 19.4 Å². The average molecular weight is 399 g/mol. The second kappa shape index (κ2) is 8.25. The number of hydrogen-bond acceptors (Lipinski definition) is 4. The van der Waals surface area contributed by atoms with Gasteiger partial charge in [0, 0.05) is 10.2 Å². The first kappa shape index (κ1) is 18.4. The summed E-state index contributed by atoms with van der Waals surface area (Å²) in [7, 11) is 1.28. The van der Waals surface area contributed by atoms with Gasteiger partial charge in [0.2, 0.25) is 0 Å². The molecule has 7 nitrogen and oxygen atoms in total. The fourth-order valence-corrected chi connectivity index (χ4v) is 2.91. The first-order chi connectivity index (χ1) is 11.4. The van der Waals surface area contributed by atoms with Gasteiger partial charge in [-0.05, 0) is 30.7 Å². The number of halogens is 1. The monoisotopic (exact) mass is 398 g/mol. The number of methoxy groups -OCH3 is 1. The molecule has 0 bridgehead atoms. The van der Waals surface area contributed by atoms with Crippen LogP contribution in [0.4, 0.5) is 5.69 Å². The standard InChI is InChI=1S/C16H20BrN3O4/c1-10-7-11(3-4-12(10)17)19-14(21)9-20-6-5-18-16(23)13(20)8-15(22)24-2/h3-4,7,13H,5-6,8-9H2,1-2H3,(H,18,23)(H,19,21)/p+1/t13-/m1/s1. The topological polar surface area (TPSA) is 88.9 Å². The molecule has 2 atom stereocenters. The SMILES string of the molecule is COC(=O)C[C@@H]1C(=O)NCC[NH+]1CC(=O)Nc1ccc(Br)c(C)c1. The number of amides is 2. The Morgan fingerprint density at radius 3 is 2.88 bits per heavy atom. The van der Waals surface area contributed by atoms with Crippen molar-refractivity contribution < 1.29 is 24.0 Å². The number of quaternary nitrogens is 1. The first-order valence-corrected chi connectivity index (χ1v) is 8.45. The Hall–Kier alpha value is -1.93. The zero-order valence-electron chi connectivity index (χ0n) is 13.6. The van der Waals surface area contributed by atoms with Crippen LogP contribution in [-0.4, -0.2) is 50.6 Å². The fraction of sp³-hybridized carbons (Fsp3) is 0.438. The van der Waals surface area contributed by atoms with Crippen LogP contribution < -0.4 is 15.5 Å². The highest BCUT2D eigenvalue weighted by atomic mass is 79.9. The Morgan fingerprint density at radius 1 is 1.46 bits per heavy atom. The minimum atomic E-state index is -0.608. The van der Waals surface area contributed by atoms with E-state index in [1.165, 1.54) is 7.11 Å². The lowest BCUT2D eigenvalue weighted by atomic mass is 10.1. The second-order valence-electron chi connectivity index (χ2n) is 5.72. The summed E-state index contributed by atoms with van der Waals surface area (Å²) in [6, 6.07) is 4.93. The summed E-state index contributed by atoms with van der Waals surface area (Å²) >= 11 is 3.41. The minimum absolute atomic E-state index is 0.0393. The molecule has 3 N–H and O–H groups in total. The third-order valence-corrected chi connectivity index (χ3v) is 4.87. The van der Waals surface area contributed by atoms with Crippen molar-refractivity contribution in [1.82, 2.24) is 5.32 Å². The predicted molar refractivity (Wildman–Crippen MR) is 91.6 cm³/mol. The Balaban J connectivity index is 2.00. The van der Waals surface area contributed by atoms with Gasteiger partial charge in [0.15, 0.2) is 12.6 Å². The number of piperazine rings is 1. The summed E-state index contributed by atoms with van der Waals surface area (Å²) in [4.78, 5) is 36.6. The van der Waals surface area contributed by atoms with Crippen LogP contribution in [0.25, 0.3) is 0 Å². The summed E-state index contributed by atoms with van der Waals surface area (Å²) in [6.45, 7) is 3.12. The van der Waals surface area contributed by atoms with Gasteiger partial charge in [-0.3, -0.25) is 14.4 Å². The lowest BCUT2D eigenvalue weighted by molar-refractivity contribution is -0.909. The number of rotatable bonds is 5. The molecule has 1 aliphatic heterocycles. The van der Waals surface area contributed by atoms with Crippen molar-refractivity contribution in [3.63, 3.8) is 0 Å². The van der Waals surface area contributed by atoms with Crippen LogP contribution in [-0.2, 0) is 19.1 Å². The molecule has 1 aromatic rings. The minimum Gasteiger partial charge on any atom is -0.469 e. The molecule has 1 heterocycles. The number of esters is 1. The van der Waals surface area contributed by atoms with Gasteiger partial charge >= 0.3 is 5.97 Å². The molecule has 1 unspecified atom stereocenters. The molecule has 24 heavy (non-hydrogen) atoms. The number of ether oxygens (including phenoxy) is 1. The normalized spacial score (nSPS) is 20.2. The third kappa shape index (κ3) is 4.78. The van der Waals surface area contributed by atoms with E-state index in [9.17, 15) is 14.4 Å². The molecular weight excluding hydrogens is 378 g/mol.